The van der Waals surface area contributed by atoms with Crippen molar-refractivity contribution in [1.29, 1.82) is 0 Å². The van der Waals surface area contributed by atoms with Gasteiger partial charge < -0.3 is 14.2 Å². The molecule has 192 valence electrons. The number of hydrogen-bond donors (Lipinski definition) is 1. The topological polar surface area (TPSA) is 77.1 Å². The van der Waals surface area contributed by atoms with Crippen LogP contribution in [0.3, 0.4) is 0 Å². The molecule has 0 unspecified atom stereocenters. The number of rotatable bonds is 7. The molecular weight excluding hydrogens is 575 g/mol. The van der Waals surface area contributed by atoms with E-state index in [1.165, 1.54) is 24.3 Å². The molecule has 0 aliphatic carbocycles. The van der Waals surface area contributed by atoms with E-state index in [1.54, 1.807) is 24.3 Å². The summed E-state index contributed by atoms with van der Waals surface area (Å²) in [6.07, 6.45) is 3.63. The Morgan fingerprint density at radius 3 is 2.71 bits per heavy atom. The molecule has 38 heavy (non-hydrogen) atoms. The lowest BCUT2D eigenvalue weighted by Crippen LogP contribution is -2.54. The minimum Gasteiger partial charge on any atom is -0.487 e. The van der Waals surface area contributed by atoms with E-state index in [2.05, 4.69) is 27.8 Å². The first kappa shape index (κ1) is 25.6. The summed E-state index contributed by atoms with van der Waals surface area (Å²) >= 11 is 8.71. The number of halogens is 2. The zero-order valence-corrected chi connectivity index (χ0v) is 22.2. The maximum Gasteiger partial charge on any atom is 0.270 e. The molecule has 0 saturated carbocycles. The first-order valence-corrected chi connectivity index (χ1v) is 12.7. The lowest BCUT2D eigenvalue weighted by molar-refractivity contribution is -0.122. The standard InChI is InChI=1S/C28H20BrFN2O5S/c1-2-5-18-10-17(12-20(29)25(18)35-14-16-8-9-23-24(13-16)37-15-36-23)11-19-26(33)31-28(38)32(27(19)34)22-7-4-3-6-21(22)30/h2-4,6-13H,1,5,14-15H2,(H,31,33,38)/b19-11+. The number of thiocarbonyl (C=S) groups is 1. The predicted octanol–water partition coefficient (Wildman–Crippen LogP) is 5.46. The van der Waals surface area contributed by atoms with Gasteiger partial charge in [-0.05, 0) is 93.7 Å². The van der Waals surface area contributed by atoms with Crippen LogP contribution in [0.1, 0.15) is 16.7 Å². The third-order valence-electron chi connectivity index (χ3n) is 5.83. The maximum absolute atomic E-state index is 14.4. The van der Waals surface area contributed by atoms with Gasteiger partial charge in [-0.1, -0.05) is 24.3 Å². The van der Waals surface area contributed by atoms with Crippen molar-refractivity contribution in [2.75, 3.05) is 11.7 Å². The lowest BCUT2D eigenvalue weighted by atomic mass is 10.0. The summed E-state index contributed by atoms with van der Waals surface area (Å²) in [5.74, 6) is -0.0875. The second-order valence-electron chi connectivity index (χ2n) is 8.37. The number of allylic oxidation sites excluding steroid dienone is 1. The molecule has 0 radical (unpaired) electrons. The van der Waals surface area contributed by atoms with Crippen LogP contribution in [0, 0.1) is 5.82 Å². The van der Waals surface area contributed by atoms with Gasteiger partial charge in [0, 0.05) is 0 Å². The molecule has 0 spiro atoms. The number of anilines is 1. The summed E-state index contributed by atoms with van der Waals surface area (Å²) in [7, 11) is 0. The number of benzene rings is 3. The number of para-hydroxylation sites is 1. The quantitative estimate of drug-likeness (QED) is 0.169. The van der Waals surface area contributed by atoms with E-state index < -0.39 is 17.6 Å². The van der Waals surface area contributed by atoms with Crippen LogP contribution in [-0.2, 0) is 22.6 Å². The van der Waals surface area contributed by atoms with E-state index in [1.807, 2.05) is 18.2 Å². The van der Waals surface area contributed by atoms with Gasteiger partial charge in [-0.2, -0.15) is 0 Å². The van der Waals surface area contributed by atoms with Crippen molar-refractivity contribution in [2.45, 2.75) is 13.0 Å². The Morgan fingerprint density at radius 2 is 1.92 bits per heavy atom. The molecular formula is C28H20BrFN2O5S. The average molecular weight is 595 g/mol. The monoisotopic (exact) mass is 594 g/mol. The summed E-state index contributed by atoms with van der Waals surface area (Å²) in [5.41, 5.74) is 2.00. The Balaban J connectivity index is 1.44. The highest BCUT2D eigenvalue weighted by molar-refractivity contribution is 9.10. The Hall–Kier alpha value is -4.02. The number of carbonyl (C=O) groups is 2. The first-order valence-electron chi connectivity index (χ1n) is 11.5. The third-order valence-corrected chi connectivity index (χ3v) is 6.71. The molecule has 5 rings (SSSR count). The zero-order valence-electron chi connectivity index (χ0n) is 19.8. The molecule has 0 atom stereocenters. The molecule has 1 N–H and O–H groups in total. The Labute approximate surface area is 231 Å². The summed E-state index contributed by atoms with van der Waals surface area (Å²) in [4.78, 5) is 27.0. The lowest BCUT2D eigenvalue weighted by Gasteiger charge is -2.29. The van der Waals surface area contributed by atoms with Gasteiger partial charge in [-0.3, -0.25) is 14.9 Å². The molecule has 2 aliphatic rings. The Kier molecular flexibility index (Phi) is 7.26. The van der Waals surface area contributed by atoms with Gasteiger partial charge >= 0.3 is 0 Å². The van der Waals surface area contributed by atoms with Crippen LogP contribution < -0.4 is 24.4 Å². The SMILES string of the molecule is C=CCc1cc(/C=C2\C(=O)NC(=S)N(c3ccccc3F)C2=O)cc(Br)c1OCc1ccc2c(c1)OCO2. The molecule has 1 fully saturated rings. The third kappa shape index (κ3) is 5.05. The molecule has 7 nitrogen and oxygen atoms in total. The molecule has 10 heteroatoms. The van der Waals surface area contributed by atoms with Crippen LogP contribution in [-0.4, -0.2) is 23.7 Å². The van der Waals surface area contributed by atoms with Crippen LogP contribution in [0.5, 0.6) is 17.2 Å². The zero-order chi connectivity index (χ0) is 26.8. The highest BCUT2D eigenvalue weighted by atomic mass is 79.9. The Bertz CT molecular complexity index is 1520. The number of amides is 2. The number of hydrogen-bond acceptors (Lipinski definition) is 6. The number of nitrogens with zero attached hydrogens (tertiary/aromatic N) is 1. The molecule has 2 aliphatic heterocycles. The molecule has 2 heterocycles. The summed E-state index contributed by atoms with van der Waals surface area (Å²) in [5, 5.41) is 2.28. The van der Waals surface area contributed by atoms with Gasteiger partial charge in [0.05, 0.1) is 10.2 Å². The number of carbonyl (C=O) groups excluding carboxylic acids is 2. The van der Waals surface area contributed by atoms with Crippen molar-refractivity contribution in [3.05, 3.63) is 99.8 Å². The summed E-state index contributed by atoms with van der Waals surface area (Å²) in [6.45, 7) is 4.29. The fourth-order valence-electron chi connectivity index (χ4n) is 4.09. The van der Waals surface area contributed by atoms with Gasteiger partial charge in [0.2, 0.25) is 6.79 Å². The minimum absolute atomic E-state index is 0.0470. The van der Waals surface area contributed by atoms with Crippen LogP contribution >= 0.6 is 28.1 Å². The highest BCUT2D eigenvalue weighted by Crippen LogP contribution is 2.36. The smallest absolute Gasteiger partial charge is 0.270 e. The van der Waals surface area contributed by atoms with Crippen LogP contribution in [0.4, 0.5) is 10.1 Å². The van der Waals surface area contributed by atoms with Gasteiger partial charge in [0.15, 0.2) is 16.6 Å². The van der Waals surface area contributed by atoms with Gasteiger partial charge in [-0.15, -0.1) is 6.58 Å². The van der Waals surface area contributed by atoms with Gasteiger partial charge in [0.1, 0.15) is 23.7 Å². The summed E-state index contributed by atoms with van der Waals surface area (Å²) in [6, 6.07) is 14.8. The van der Waals surface area contributed by atoms with Gasteiger partial charge in [-0.25, -0.2) is 9.29 Å². The second kappa shape index (κ2) is 10.8. The number of ether oxygens (including phenoxy) is 3. The van der Waals surface area contributed by atoms with Crippen molar-refractivity contribution in [3.63, 3.8) is 0 Å². The minimum atomic E-state index is -0.728. The van der Waals surface area contributed by atoms with E-state index in [9.17, 15) is 14.0 Å². The molecule has 2 amide bonds. The number of fused-ring (bicyclic) bond motifs is 1. The van der Waals surface area contributed by atoms with Crippen molar-refractivity contribution >= 4 is 56.8 Å². The van der Waals surface area contributed by atoms with Crippen LogP contribution in [0.15, 0.2) is 77.3 Å². The maximum atomic E-state index is 14.4. The Morgan fingerprint density at radius 1 is 1.13 bits per heavy atom. The van der Waals surface area contributed by atoms with E-state index in [0.29, 0.717) is 33.7 Å². The molecule has 3 aromatic carbocycles. The van der Waals surface area contributed by atoms with Crippen molar-refractivity contribution in [3.8, 4) is 17.2 Å². The largest absolute Gasteiger partial charge is 0.487 e. The molecule has 3 aromatic rings. The average Bonchev–Trinajstić information content (AvgIpc) is 3.35. The number of nitrogens with one attached hydrogen (secondary N) is 1. The van der Waals surface area contributed by atoms with Crippen molar-refractivity contribution in [1.82, 2.24) is 5.32 Å². The molecule has 0 aromatic heterocycles. The normalized spacial score (nSPS) is 15.6. The molecule has 0 bridgehead atoms. The van der Waals surface area contributed by atoms with E-state index >= 15 is 0 Å². The van der Waals surface area contributed by atoms with Crippen molar-refractivity contribution < 1.29 is 28.2 Å². The van der Waals surface area contributed by atoms with E-state index in [0.717, 1.165) is 16.0 Å². The van der Waals surface area contributed by atoms with Crippen LogP contribution in [0.25, 0.3) is 6.08 Å². The van der Waals surface area contributed by atoms with E-state index in [-0.39, 0.29) is 29.8 Å². The first-order chi connectivity index (χ1) is 18.4. The van der Waals surface area contributed by atoms with Gasteiger partial charge in [0.25, 0.3) is 11.8 Å². The predicted molar refractivity (Wildman–Crippen MR) is 148 cm³/mol. The fourth-order valence-corrected chi connectivity index (χ4v) is 5.00. The highest BCUT2D eigenvalue weighted by Gasteiger charge is 2.35. The molecule has 1 saturated heterocycles. The fraction of sp³-hybridized carbons (Fsp3) is 0.107. The van der Waals surface area contributed by atoms with Crippen molar-refractivity contribution in [2.24, 2.45) is 0 Å². The van der Waals surface area contributed by atoms with E-state index in [4.69, 9.17) is 26.4 Å². The second-order valence-corrected chi connectivity index (χ2v) is 9.61. The summed E-state index contributed by atoms with van der Waals surface area (Å²) < 4.78 is 32.0. The van der Waals surface area contributed by atoms with Crippen LogP contribution in [0.2, 0.25) is 0 Å².